The Kier molecular flexibility index (Phi) is 7.44. The Morgan fingerprint density at radius 1 is 0.897 bits per heavy atom. The molecule has 2 aliphatic heterocycles. The maximum absolute atomic E-state index is 13.0. The quantitative estimate of drug-likeness (QED) is 0.265. The lowest BCUT2D eigenvalue weighted by Crippen LogP contribution is -2.54. The number of nitrogens with one attached hydrogen (secondary N) is 3. The highest BCUT2D eigenvalue weighted by Gasteiger charge is 2.44. The highest BCUT2D eigenvalue weighted by atomic mass is 16.5. The van der Waals surface area contributed by atoms with Crippen LogP contribution >= 0.6 is 0 Å². The molecule has 0 aliphatic carbocycles. The lowest BCUT2D eigenvalue weighted by Gasteiger charge is -2.27. The summed E-state index contributed by atoms with van der Waals surface area (Å²) in [5.41, 5.74) is 5.38. The molecular formula is C29H31N5O5. The maximum atomic E-state index is 13.0. The highest BCUT2D eigenvalue weighted by Crippen LogP contribution is 2.30. The average molecular weight is 530 g/mol. The normalized spacial score (nSPS) is 16.9. The van der Waals surface area contributed by atoms with Crippen LogP contribution in [-0.2, 0) is 9.59 Å². The molecule has 10 nitrogen and oxygen atoms in total. The van der Waals surface area contributed by atoms with Crippen molar-refractivity contribution in [3.63, 3.8) is 0 Å². The first-order valence-corrected chi connectivity index (χ1v) is 13.2. The zero-order chi connectivity index (χ0) is 27.5. The smallest absolute Gasteiger partial charge is 0.262 e. The molecule has 202 valence electrons. The number of aryl methyl sites for hydroxylation is 2. The van der Waals surface area contributed by atoms with Crippen LogP contribution in [0.3, 0.4) is 0 Å². The summed E-state index contributed by atoms with van der Waals surface area (Å²) in [7, 11) is 0. The summed E-state index contributed by atoms with van der Waals surface area (Å²) in [6.45, 7) is 5.44. The van der Waals surface area contributed by atoms with Crippen LogP contribution in [0.4, 0.5) is 11.4 Å². The molecule has 39 heavy (non-hydrogen) atoms. The molecule has 2 aliphatic rings. The first-order valence-electron chi connectivity index (χ1n) is 13.2. The van der Waals surface area contributed by atoms with Gasteiger partial charge in [0.2, 0.25) is 11.8 Å². The van der Waals surface area contributed by atoms with Crippen molar-refractivity contribution in [3.8, 4) is 11.1 Å². The van der Waals surface area contributed by atoms with Gasteiger partial charge >= 0.3 is 0 Å². The number of anilines is 2. The molecule has 0 saturated carbocycles. The number of amides is 4. The van der Waals surface area contributed by atoms with Crippen molar-refractivity contribution in [1.82, 2.24) is 15.4 Å². The predicted molar refractivity (Wildman–Crippen MR) is 145 cm³/mol. The summed E-state index contributed by atoms with van der Waals surface area (Å²) in [4.78, 5) is 50.4. The molecule has 0 spiro atoms. The van der Waals surface area contributed by atoms with E-state index < -0.39 is 29.7 Å². The van der Waals surface area contributed by atoms with Crippen molar-refractivity contribution in [2.24, 2.45) is 0 Å². The predicted octanol–water partition coefficient (Wildman–Crippen LogP) is 4.05. The van der Waals surface area contributed by atoms with Crippen LogP contribution in [0, 0.1) is 13.8 Å². The zero-order valence-electron chi connectivity index (χ0n) is 22.0. The monoisotopic (exact) mass is 529 g/mol. The minimum absolute atomic E-state index is 0.0991. The fraction of sp³-hybridized carbons (Fsp3) is 0.345. The van der Waals surface area contributed by atoms with Gasteiger partial charge in [-0.1, -0.05) is 17.3 Å². The molecule has 3 heterocycles. The summed E-state index contributed by atoms with van der Waals surface area (Å²) in [5.74, 6) is -1.18. The lowest BCUT2D eigenvalue weighted by atomic mass is 10.0. The summed E-state index contributed by atoms with van der Waals surface area (Å²) >= 11 is 0. The zero-order valence-corrected chi connectivity index (χ0v) is 22.0. The number of nitrogens with zero attached hydrogens (tertiary/aromatic N) is 2. The van der Waals surface area contributed by atoms with Gasteiger partial charge in [0.05, 0.1) is 16.8 Å². The fourth-order valence-corrected chi connectivity index (χ4v) is 5.12. The number of rotatable bonds is 10. The van der Waals surface area contributed by atoms with Gasteiger partial charge in [0.15, 0.2) is 0 Å². The Bertz CT molecular complexity index is 1410. The fourth-order valence-electron chi connectivity index (χ4n) is 5.12. The van der Waals surface area contributed by atoms with Crippen molar-refractivity contribution in [2.75, 3.05) is 23.7 Å². The van der Waals surface area contributed by atoms with E-state index in [9.17, 15) is 19.2 Å². The van der Waals surface area contributed by atoms with E-state index in [-0.39, 0.29) is 24.0 Å². The third-order valence-corrected chi connectivity index (χ3v) is 7.16. The van der Waals surface area contributed by atoms with Gasteiger partial charge in [0.25, 0.3) is 11.8 Å². The van der Waals surface area contributed by atoms with Crippen LogP contribution in [-0.4, -0.2) is 52.8 Å². The number of fused-ring (bicyclic) bond motifs is 1. The van der Waals surface area contributed by atoms with E-state index in [0.29, 0.717) is 0 Å². The van der Waals surface area contributed by atoms with Crippen LogP contribution in [0.25, 0.3) is 11.1 Å². The SMILES string of the molecule is Cc1noc(C)c1-c1ccc(NCCCCCNc2ccc3c(c2)C(=O)N(C2CCC(=O)NC2=O)C3=O)cc1. The Hall–Kier alpha value is -4.47. The summed E-state index contributed by atoms with van der Waals surface area (Å²) < 4.78 is 5.26. The van der Waals surface area contributed by atoms with Gasteiger partial charge in [-0.3, -0.25) is 29.4 Å². The highest BCUT2D eigenvalue weighted by molar-refractivity contribution is 6.23. The summed E-state index contributed by atoms with van der Waals surface area (Å²) in [6.07, 6.45) is 3.21. The van der Waals surface area contributed by atoms with Gasteiger partial charge in [-0.25, -0.2) is 0 Å². The van der Waals surface area contributed by atoms with Crippen LogP contribution in [0.15, 0.2) is 47.0 Å². The Labute approximate surface area is 226 Å². The molecule has 4 amide bonds. The van der Waals surface area contributed by atoms with Crippen molar-refractivity contribution in [2.45, 2.75) is 52.0 Å². The number of unbranched alkanes of at least 4 members (excludes halogenated alkanes) is 2. The number of hydrogen-bond donors (Lipinski definition) is 3. The molecule has 1 aromatic heterocycles. The Morgan fingerprint density at radius 2 is 1.56 bits per heavy atom. The lowest BCUT2D eigenvalue weighted by molar-refractivity contribution is -0.136. The number of carbonyl (C=O) groups excluding carboxylic acids is 4. The molecule has 1 unspecified atom stereocenters. The first-order chi connectivity index (χ1) is 18.8. The topological polar surface area (TPSA) is 134 Å². The molecule has 3 N–H and O–H groups in total. The van der Waals surface area contributed by atoms with Gasteiger partial charge in [-0.2, -0.15) is 0 Å². The molecule has 10 heteroatoms. The van der Waals surface area contributed by atoms with Gasteiger partial charge < -0.3 is 15.2 Å². The number of imide groups is 2. The summed E-state index contributed by atoms with van der Waals surface area (Å²) in [5, 5.41) is 13.0. The van der Waals surface area contributed by atoms with E-state index in [1.807, 2.05) is 13.8 Å². The standard InChI is InChI=1S/C29H31N5O5/c1-17-26(18(2)39-33-17)19-6-8-20(9-7-19)30-14-4-3-5-15-31-21-10-11-22-23(16-21)29(38)34(28(22)37)24-12-13-25(35)32-27(24)36/h6-11,16,24,30-31H,3-5,12-15H2,1-2H3,(H,32,35,36). The molecule has 3 aromatic rings. The second-order valence-corrected chi connectivity index (χ2v) is 9.90. The Balaban J connectivity index is 1.05. The molecule has 2 aromatic carbocycles. The molecule has 1 fully saturated rings. The molecule has 1 saturated heterocycles. The number of piperidine rings is 1. The first kappa shape index (κ1) is 26.1. The van der Waals surface area contributed by atoms with E-state index in [2.05, 4.69) is 45.4 Å². The van der Waals surface area contributed by atoms with E-state index in [1.54, 1.807) is 18.2 Å². The number of carbonyl (C=O) groups is 4. The van der Waals surface area contributed by atoms with Crippen LogP contribution < -0.4 is 16.0 Å². The van der Waals surface area contributed by atoms with Crippen molar-refractivity contribution < 1.29 is 23.7 Å². The number of benzene rings is 2. The van der Waals surface area contributed by atoms with Crippen molar-refractivity contribution in [3.05, 3.63) is 65.0 Å². The minimum atomic E-state index is -0.958. The van der Waals surface area contributed by atoms with Crippen molar-refractivity contribution >= 4 is 35.0 Å². The molecule has 0 bridgehead atoms. The largest absolute Gasteiger partial charge is 0.385 e. The molecular weight excluding hydrogens is 498 g/mol. The van der Waals surface area contributed by atoms with Crippen LogP contribution in [0.1, 0.15) is 64.3 Å². The third-order valence-electron chi connectivity index (χ3n) is 7.16. The molecule has 0 radical (unpaired) electrons. The summed E-state index contributed by atoms with van der Waals surface area (Å²) in [6, 6.07) is 12.3. The van der Waals surface area contributed by atoms with Crippen LogP contribution in [0.2, 0.25) is 0 Å². The second kappa shape index (κ2) is 11.1. The minimum Gasteiger partial charge on any atom is -0.385 e. The molecule has 1 atom stereocenters. The van der Waals surface area contributed by atoms with Gasteiger partial charge in [-0.05, 0) is 75.4 Å². The van der Waals surface area contributed by atoms with Gasteiger partial charge in [0.1, 0.15) is 11.8 Å². The van der Waals surface area contributed by atoms with E-state index in [1.165, 1.54) is 0 Å². The van der Waals surface area contributed by atoms with E-state index >= 15 is 0 Å². The third kappa shape index (κ3) is 5.41. The van der Waals surface area contributed by atoms with E-state index in [4.69, 9.17) is 4.52 Å². The maximum Gasteiger partial charge on any atom is 0.262 e. The number of aromatic nitrogens is 1. The van der Waals surface area contributed by atoms with Crippen molar-refractivity contribution in [1.29, 1.82) is 0 Å². The number of hydrogen-bond acceptors (Lipinski definition) is 8. The second-order valence-electron chi connectivity index (χ2n) is 9.90. The molecule has 5 rings (SSSR count). The Morgan fingerprint density at radius 3 is 2.23 bits per heavy atom. The van der Waals surface area contributed by atoms with E-state index in [0.717, 1.165) is 71.2 Å². The van der Waals surface area contributed by atoms with Crippen LogP contribution in [0.5, 0.6) is 0 Å². The average Bonchev–Trinajstić information content (AvgIpc) is 3.38. The van der Waals surface area contributed by atoms with Gasteiger partial charge in [-0.15, -0.1) is 0 Å². The van der Waals surface area contributed by atoms with Gasteiger partial charge in [0, 0.05) is 36.4 Å².